The van der Waals surface area contributed by atoms with Crippen molar-refractivity contribution in [2.75, 3.05) is 0 Å². The van der Waals surface area contributed by atoms with Gasteiger partial charge in [-0.2, -0.15) is 0 Å². The second kappa shape index (κ2) is 4.89. The number of aliphatic hydroxyl groups is 1. The molecule has 0 aromatic carbocycles. The lowest BCUT2D eigenvalue weighted by molar-refractivity contribution is 0.0326. The maximum atomic E-state index is 10.1. The maximum Gasteiger partial charge on any atom is 0.0683 e. The molecular weight excluding hydrogens is 242 g/mol. The van der Waals surface area contributed by atoms with Crippen LogP contribution >= 0.6 is 15.9 Å². The summed E-state index contributed by atoms with van der Waals surface area (Å²) in [5.41, 5.74) is 0.494. The number of aromatic nitrogens is 1. The van der Waals surface area contributed by atoms with E-state index in [4.69, 9.17) is 0 Å². The molecule has 78 valence electrons. The van der Waals surface area contributed by atoms with E-state index >= 15 is 0 Å². The zero-order chi connectivity index (χ0) is 10.6. The highest BCUT2D eigenvalue weighted by Crippen LogP contribution is 2.21. The lowest BCUT2D eigenvalue weighted by Gasteiger charge is -2.24. The Morgan fingerprint density at radius 2 is 2.00 bits per heavy atom. The van der Waals surface area contributed by atoms with E-state index in [0.717, 1.165) is 22.9 Å². The van der Waals surface area contributed by atoms with Crippen molar-refractivity contribution >= 4 is 15.9 Å². The van der Waals surface area contributed by atoms with Crippen molar-refractivity contribution in [3.63, 3.8) is 0 Å². The second-order valence-electron chi connectivity index (χ2n) is 3.62. The van der Waals surface area contributed by atoms with E-state index in [1.165, 1.54) is 0 Å². The van der Waals surface area contributed by atoms with Crippen LogP contribution in [0.25, 0.3) is 0 Å². The Hall–Kier alpha value is -0.410. The summed E-state index contributed by atoms with van der Waals surface area (Å²) in [6.07, 6.45) is 5.78. The molecule has 0 fully saturated rings. The van der Waals surface area contributed by atoms with Gasteiger partial charge in [0.15, 0.2) is 0 Å². The third-order valence-corrected chi connectivity index (χ3v) is 3.04. The Kier molecular flexibility index (Phi) is 4.08. The molecule has 2 nitrogen and oxygen atoms in total. The van der Waals surface area contributed by atoms with Crippen LogP contribution < -0.4 is 0 Å². The number of hydrogen-bond acceptors (Lipinski definition) is 2. The molecule has 1 aromatic rings. The van der Waals surface area contributed by atoms with Crippen molar-refractivity contribution in [2.24, 2.45) is 0 Å². The fraction of sp³-hybridized carbons (Fsp3) is 0.545. The monoisotopic (exact) mass is 257 g/mol. The summed E-state index contributed by atoms with van der Waals surface area (Å²) in [5.74, 6) is 0. The minimum Gasteiger partial charge on any atom is -0.390 e. The normalized spacial score (nSPS) is 11.7. The van der Waals surface area contributed by atoms with Gasteiger partial charge in [-0.25, -0.2) is 0 Å². The van der Waals surface area contributed by atoms with Gasteiger partial charge in [-0.05, 0) is 40.4 Å². The Labute approximate surface area is 93.5 Å². The molecule has 0 saturated carbocycles. The van der Waals surface area contributed by atoms with E-state index in [1.54, 1.807) is 12.4 Å². The van der Waals surface area contributed by atoms with Gasteiger partial charge in [-0.3, -0.25) is 4.98 Å². The summed E-state index contributed by atoms with van der Waals surface area (Å²) in [4.78, 5) is 4.08. The first kappa shape index (κ1) is 11.7. The van der Waals surface area contributed by atoms with Crippen molar-refractivity contribution < 1.29 is 5.11 Å². The molecular formula is C11H16BrNO. The summed E-state index contributed by atoms with van der Waals surface area (Å²) in [6, 6.07) is 2.00. The largest absolute Gasteiger partial charge is 0.390 e. The average Bonchev–Trinajstić information content (AvgIpc) is 2.18. The molecule has 0 radical (unpaired) electrons. The first-order valence-electron chi connectivity index (χ1n) is 4.91. The van der Waals surface area contributed by atoms with E-state index in [0.29, 0.717) is 6.42 Å². The van der Waals surface area contributed by atoms with Crippen LogP contribution in [0.2, 0.25) is 0 Å². The molecule has 1 N–H and O–H groups in total. The number of rotatable bonds is 4. The van der Waals surface area contributed by atoms with Gasteiger partial charge in [0.25, 0.3) is 0 Å². The van der Waals surface area contributed by atoms with Gasteiger partial charge in [0.05, 0.1) is 5.60 Å². The fourth-order valence-electron chi connectivity index (χ4n) is 1.43. The molecule has 0 saturated heterocycles. The molecule has 0 unspecified atom stereocenters. The van der Waals surface area contributed by atoms with E-state index in [9.17, 15) is 5.11 Å². The van der Waals surface area contributed by atoms with Crippen molar-refractivity contribution in [2.45, 2.75) is 38.7 Å². The molecule has 3 heteroatoms. The zero-order valence-corrected chi connectivity index (χ0v) is 10.2. The molecule has 0 aliphatic carbocycles. The summed E-state index contributed by atoms with van der Waals surface area (Å²) in [6.45, 7) is 4.02. The number of halogens is 1. The molecule has 0 aliphatic heterocycles. The number of hydrogen-bond donors (Lipinski definition) is 1. The van der Waals surface area contributed by atoms with E-state index in [1.807, 2.05) is 19.9 Å². The van der Waals surface area contributed by atoms with Crippen LogP contribution in [0.3, 0.4) is 0 Å². The van der Waals surface area contributed by atoms with Crippen molar-refractivity contribution in [3.05, 3.63) is 28.5 Å². The molecule has 0 amide bonds. The van der Waals surface area contributed by atoms with Gasteiger partial charge in [0.2, 0.25) is 0 Å². The molecule has 1 aromatic heterocycles. The lowest BCUT2D eigenvalue weighted by atomic mass is 9.90. The number of nitrogens with zero attached hydrogens (tertiary/aromatic N) is 1. The Bertz CT molecular complexity index is 297. The Morgan fingerprint density at radius 1 is 1.36 bits per heavy atom. The first-order chi connectivity index (χ1) is 6.59. The van der Waals surface area contributed by atoms with Crippen molar-refractivity contribution in [1.29, 1.82) is 0 Å². The predicted octanol–water partition coefficient (Wildman–Crippen LogP) is 2.94. The third kappa shape index (κ3) is 3.07. The van der Waals surface area contributed by atoms with Gasteiger partial charge in [-0.15, -0.1) is 0 Å². The van der Waals surface area contributed by atoms with E-state index in [2.05, 4.69) is 20.9 Å². The van der Waals surface area contributed by atoms with Crippen LogP contribution in [0.1, 0.15) is 32.3 Å². The highest BCUT2D eigenvalue weighted by molar-refractivity contribution is 9.10. The molecule has 14 heavy (non-hydrogen) atoms. The van der Waals surface area contributed by atoms with Crippen LogP contribution in [-0.2, 0) is 6.42 Å². The van der Waals surface area contributed by atoms with Crippen molar-refractivity contribution in [3.8, 4) is 0 Å². The summed E-state index contributed by atoms with van der Waals surface area (Å²) in [7, 11) is 0. The van der Waals surface area contributed by atoms with Gasteiger partial charge in [0, 0.05) is 23.3 Å². The zero-order valence-electron chi connectivity index (χ0n) is 8.63. The molecule has 1 rings (SSSR count). The maximum absolute atomic E-state index is 10.1. The molecule has 0 spiro atoms. The van der Waals surface area contributed by atoms with Gasteiger partial charge in [-0.1, -0.05) is 13.8 Å². The van der Waals surface area contributed by atoms with Crippen LogP contribution in [0.15, 0.2) is 22.9 Å². The molecule has 0 atom stereocenters. The van der Waals surface area contributed by atoms with Crippen LogP contribution in [0, 0.1) is 0 Å². The number of pyridine rings is 1. The van der Waals surface area contributed by atoms with E-state index in [-0.39, 0.29) is 0 Å². The topological polar surface area (TPSA) is 33.1 Å². The third-order valence-electron chi connectivity index (χ3n) is 2.61. The van der Waals surface area contributed by atoms with Gasteiger partial charge < -0.3 is 5.11 Å². The van der Waals surface area contributed by atoms with Crippen LogP contribution in [0.5, 0.6) is 0 Å². The van der Waals surface area contributed by atoms with Gasteiger partial charge in [0.1, 0.15) is 0 Å². The van der Waals surface area contributed by atoms with Crippen LogP contribution in [-0.4, -0.2) is 15.7 Å². The average molecular weight is 258 g/mol. The Morgan fingerprint density at radius 3 is 2.50 bits per heavy atom. The first-order valence-corrected chi connectivity index (χ1v) is 5.71. The highest BCUT2D eigenvalue weighted by atomic mass is 79.9. The van der Waals surface area contributed by atoms with Gasteiger partial charge >= 0.3 is 0 Å². The van der Waals surface area contributed by atoms with E-state index < -0.39 is 5.60 Å². The smallest absolute Gasteiger partial charge is 0.0683 e. The minimum absolute atomic E-state index is 0.581. The second-order valence-corrected chi connectivity index (χ2v) is 4.54. The minimum atomic E-state index is -0.581. The molecule has 1 heterocycles. The Balaban J connectivity index is 2.77. The molecule has 0 aliphatic rings. The quantitative estimate of drug-likeness (QED) is 0.900. The summed E-state index contributed by atoms with van der Waals surface area (Å²) < 4.78 is 0.963. The fourth-order valence-corrected chi connectivity index (χ4v) is 1.84. The predicted molar refractivity (Wildman–Crippen MR) is 61.2 cm³/mol. The SMILES string of the molecule is CCC(O)(CC)Cc1cncc(Br)c1. The molecule has 0 bridgehead atoms. The van der Waals surface area contributed by atoms with Crippen molar-refractivity contribution in [1.82, 2.24) is 4.98 Å². The highest BCUT2D eigenvalue weighted by Gasteiger charge is 2.22. The summed E-state index contributed by atoms with van der Waals surface area (Å²) >= 11 is 3.37. The summed E-state index contributed by atoms with van der Waals surface area (Å²) in [5, 5.41) is 10.1. The standard InChI is InChI=1S/C11H16BrNO/c1-3-11(14,4-2)6-9-5-10(12)8-13-7-9/h5,7-8,14H,3-4,6H2,1-2H3. The lowest BCUT2D eigenvalue weighted by Crippen LogP contribution is -2.29. The van der Waals surface area contributed by atoms with Crippen LogP contribution in [0.4, 0.5) is 0 Å².